The van der Waals surface area contributed by atoms with Crippen LogP contribution in [0.15, 0.2) is 0 Å². The van der Waals surface area contributed by atoms with Crippen LogP contribution in [-0.4, -0.2) is 25.8 Å². The van der Waals surface area contributed by atoms with Crippen LogP contribution in [0.5, 0.6) is 0 Å². The number of rotatable bonds is 18. The normalized spacial score (nSPS) is 12.2. The largest absolute Gasteiger partial charge is 0.833 e. The van der Waals surface area contributed by atoms with E-state index in [9.17, 15) is 4.46 Å². The van der Waals surface area contributed by atoms with Crippen molar-refractivity contribution < 1.29 is 22.8 Å². The van der Waals surface area contributed by atoms with Gasteiger partial charge >= 0.3 is 9.17 Å². The van der Waals surface area contributed by atoms with E-state index in [0.717, 1.165) is 74.8 Å². The van der Waals surface area contributed by atoms with Gasteiger partial charge in [-0.1, -0.05) is 80.1 Å². The fourth-order valence-electron chi connectivity index (χ4n) is 3.99. The minimum Gasteiger partial charge on any atom is -0.339 e. The van der Waals surface area contributed by atoms with E-state index in [1.165, 1.54) is 0 Å². The van der Waals surface area contributed by atoms with Crippen LogP contribution >= 0.6 is 0 Å². The van der Waals surface area contributed by atoms with Gasteiger partial charge in [-0.2, -0.15) is 0 Å². The first-order valence-corrected chi connectivity index (χ1v) is 17.0. The summed E-state index contributed by atoms with van der Waals surface area (Å²) in [5.74, 6) is 0. The Bertz CT molecular complexity index is 303. The molecule has 0 bridgehead atoms. The molecule has 0 aliphatic heterocycles. The zero-order valence-corrected chi connectivity index (χ0v) is 21.0. The van der Waals surface area contributed by atoms with E-state index >= 15 is 0 Å². The molecule has 0 saturated carbocycles. The van der Waals surface area contributed by atoms with Gasteiger partial charge in [0, 0.05) is 0 Å². The van der Waals surface area contributed by atoms with Gasteiger partial charge < -0.3 is 9.15 Å². The SMILES string of the molecule is CCC[Si](CCC)(CCC)OO[Si](=O)OO[Si](CCC)(CCC)CCC. The second kappa shape index (κ2) is 15.0. The summed E-state index contributed by atoms with van der Waals surface area (Å²) >= 11 is 0. The summed E-state index contributed by atoms with van der Waals surface area (Å²) < 4.78 is 34.5. The van der Waals surface area contributed by atoms with E-state index in [4.69, 9.17) is 18.3 Å². The first kappa shape index (κ1) is 26.0. The Hall–Kier alpha value is -0.0294. The second-order valence-corrected chi connectivity index (χ2v) is 16.3. The van der Waals surface area contributed by atoms with Gasteiger partial charge in [0.2, 0.25) is 0 Å². The molecule has 156 valence electrons. The van der Waals surface area contributed by atoms with Gasteiger partial charge in [0.1, 0.15) is 0 Å². The summed E-state index contributed by atoms with van der Waals surface area (Å²) in [5, 5.41) is 0. The van der Waals surface area contributed by atoms with Crippen molar-refractivity contribution in [3.05, 3.63) is 0 Å². The molecule has 26 heavy (non-hydrogen) atoms. The first-order chi connectivity index (χ1) is 12.5. The van der Waals surface area contributed by atoms with Crippen molar-refractivity contribution in [2.75, 3.05) is 0 Å². The molecule has 0 aliphatic rings. The minimum absolute atomic E-state index is 1.03. The maximum Gasteiger partial charge on any atom is 0.833 e. The molecule has 0 amide bonds. The molecule has 0 spiro atoms. The highest BCUT2D eigenvalue weighted by Gasteiger charge is 2.39. The smallest absolute Gasteiger partial charge is 0.339 e. The van der Waals surface area contributed by atoms with Gasteiger partial charge in [0.15, 0.2) is 0 Å². The summed E-state index contributed by atoms with van der Waals surface area (Å²) in [6, 6.07) is 6.20. The Morgan fingerprint density at radius 3 is 0.962 bits per heavy atom. The Balaban J connectivity index is 4.77. The molecule has 0 aliphatic carbocycles. The van der Waals surface area contributed by atoms with Crippen LogP contribution in [0, 0.1) is 0 Å². The van der Waals surface area contributed by atoms with Crippen molar-refractivity contribution in [2.24, 2.45) is 0 Å². The number of hydrogen-bond acceptors (Lipinski definition) is 5. The van der Waals surface area contributed by atoms with Crippen molar-refractivity contribution in [1.82, 2.24) is 0 Å². The number of hydrogen-bond donors (Lipinski definition) is 0. The molecule has 0 N–H and O–H groups in total. The zero-order chi connectivity index (χ0) is 19.9. The molecular formula is C18H42O5Si3. The Labute approximate surface area is 165 Å². The molecule has 0 saturated heterocycles. The molecule has 0 atom stereocenters. The third-order valence-electron chi connectivity index (χ3n) is 4.81. The maximum atomic E-state index is 12.3. The van der Waals surface area contributed by atoms with E-state index in [0.29, 0.717) is 0 Å². The van der Waals surface area contributed by atoms with Crippen molar-refractivity contribution in [3.63, 3.8) is 0 Å². The predicted molar refractivity (Wildman–Crippen MR) is 113 cm³/mol. The lowest BCUT2D eigenvalue weighted by molar-refractivity contribution is -0.208. The van der Waals surface area contributed by atoms with E-state index in [1.54, 1.807) is 0 Å². The molecule has 0 aromatic heterocycles. The van der Waals surface area contributed by atoms with E-state index < -0.39 is 25.8 Å². The lowest BCUT2D eigenvalue weighted by Gasteiger charge is -2.30. The maximum absolute atomic E-state index is 12.3. The Kier molecular flexibility index (Phi) is 14.9. The standard InChI is InChI=1S/C18H42O5Si3/c1-7-13-25(14-8-2,15-9-3)22-20-24(19)21-23-26(16-10-4,17-11-5)18-12-6/h7-18H2,1-6H3. The summed E-state index contributed by atoms with van der Waals surface area (Å²) in [5.41, 5.74) is 0. The summed E-state index contributed by atoms with van der Waals surface area (Å²) in [6.45, 7) is 13.0. The zero-order valence-electron chi connectivity index (χ0n) is 18.0. The van der Waals surface area contributed by atoms with Crippen LogP contribution in [-0.2, 0) is 22.8 Å². The van der Waals surface area contributed by atoms with Gasteiger partial charge in [0.05, 0.1) is 0 Å². The third kappa shape index (κ3) is 9.78. The lowest BCUT2D eigenvalue weighted by Crippen LogP contribution is -2.41. The van der Waals surface area contributed by atoms with Crippen LogP contribution < -0.4 is 0 Å². The quantitative estimate of drug-likeness (QED) is 0.141. The van der Waals surface area contributed by atoms with Crippen LogP contribution in [0.3, 0.4) is 0 Å². The van der Waals surface area contributed by atoms with Gasteiger partial charge in [-0.05, 0) is 36.3 Å². The summed E-state index contributed by atoms with van der Waals surface area (Å²) in [6.07, 6.45) is 6.38. The third-order valence-corrected chi connectivity index (χ3v) is 14.9. The van der Waals surface area contributed by atoms with Crippen molar-refractivity contribution >= 4 is 25.8 Å². The first-order valence-electron chi connectivity index (χ1n) is 10.7. The molecule has 5 nitrogen and oxygen atoms in total. The van der Waals surface area contributed by atoms with E-state index in [1.807, 2.05) is 0 Å². The lowest BCUT2D eigenvalue weighted by atomic mass is 10.6. The van der Waals surface area contributed by atoms with Gasteiger partial charge in [-0.15, -0.1) is 0 Å². The highest BCUT2D eigenvalue weighted by atomic mass is 28.4. The van der Waals surface area contributed by atoms with E-state index in [2.05, 4.69) is 41.5 Å². The molecule has 0 rings (SSSR count). The fourth-order valence-corrected chi connectivity index (χ4v) is 13.4. The van der Waals surface area contributed by atoms with Crippen molar-refractivity contribution in [3.8, 4) is 0 Å². The molecule has 0 radical (unpaired) electrons. The van der Waals surface area contributed by atoms with Crippen molar-refractivity contribution in [2.45, 2.75) is 116 Å². The molecular weight excluding hydrogens is 380 g/mol. The highest BCUT2D eigenvalue weighted by Crippen LogP contribution is 2.29. The van der Waals surface area contributed by atoms with E-state index in [-0.39, 0.29) is 0 Å². The molecule has 0 aromatic rings. The minimum atomic E-state index is -2.79. The Morgan fingerprint density at radius 2 is 0.769 bits per heavy atom. The topological polar surface area (TPSA) is 54.0 Å². The average molecular weight is 423 g/mol. The van der Waals surface area contributed by atoms with Gasteiger partial charge in [-0.3, -0.25) is 13.6 Å². The molecule has 0 unspecified atom stereocenters. The van der Waals surface area contributed by atoms with Crippen LogP contribution in [0.4, 0.5) is 0 Å². The molecule has 0 fully saturated rings. The average Bonchev–Trinajstić information content (AvgIpc) is 2.60. The fraction of sp³-hybridized carbons (Fsp3) is 1.00. The predicted octanol–water partition coefficient (Wildman–Crippen LogP) is 6.65. The van der Waals surface area contributed by atoms with Crippen LogP contribution in [0.1, 0.15) is 80.1 Å². The van der Waals surface area contributed by atoms with Crippen LogP contribution in [0.2, 0.25) is 36.3 Å². The van der Waals surface area contributed by atoms with Gasteiger partial charge in [0.25, 0.3) is 16.6 Å². The summed E-state index contributed by atoms with van der Waals surface area (Å²) in [4.78, 5) is 0. The molecule has 0 aromatic carbocycles. The van der Waals surface area contributed by atoms with Crippen LogP contribution in [0.25, 0.3) is 0 Å². The Morgan fingerprint density at radius 1 is 0.538 bits per heavy atom. The monoisotopic (exact) mass is 422 g/mol. The second-order valence-electron chi connectivity index (χ2n) is 7.45. The van der Waals surface area contributed by atoms with Crippen molar-refractivity contribution in [1.29, 1.82) is 0 Å². The molecule has 8 heteroatoms. The highest BCUT2D eigenvalue weighted by molar-refractivity contribution is 6.74. The molecule has 0 heterocycles. The summed E-state index contributed by atoms with van der Waals surface area (Å²) in [7, 11) is -6.79. The van der Waals surface area contributed by atoms with Gasteiger partial charge in [-0.25, -0.2) is 0 Å².